The van der Waals surface area contributed by atoms with Gasteiger partial charge in [-0.3, -0.25) is 4.79 Å². The third-order valence-electron chi connectivity index (χ3n) is 4.54. The fourth-order valence-electron chi connectivity index (χ4n) is 3.36. The normalized spacial score (nSPS) is 16.7. The number of nitrogens with zero attached hydrogens (tertiary/aromatic N) is 1. The van der Waals surface area contributed by atoms with Crippen LogP contribution in [-0.2, 0) is 9.47 Å². The van der Waals surface area contributed by atoms with E-state index < -0.39 is 0 Å². The Morgan fingerprint density at radius 3 is 2.38 bits per heavy atom. The average Bonchev–Trinajstić information content (AvgIpc) is 2.92. The lowest BCUT2D eigenvalue weighted by atomic mass is 9.98. The zero-order valence-corrected chi connectivity index (χ0v) is 14.1. The van der Waals surface area contributed by atoms with Gasteiger partial charge in [0.2, 0.25) is 0 Å². The molecule has 126 valence electrons. The molecule has 0 bridgehead atoms. The molecule has 1 atom stereocenters. The summed E-state index contributed by atoms with van der Waals surface area (Å²) in [5, 5.41) is 0. The van der Waals surface area contributed by atoms with Crippen molar-refractivity contribution in [3.8, 4) is 0 Å². The van der Waals surface area contributed by atoms with E-state index in [1.54, 1.807) is 14.2 Å². The van der Waals surface area contributed by atoms with Gasteiger partial charge in [0.05, 0.1) is 6.04 Å². The molecule has 1 aliphatic rings. The summed E-state index contributed by atoms with van der Waals surface area (Å²) >= 11 is 0. The summed E-state index contributed by atoms with van der Waals surface area (Å²) in [6.07, 6.45) is 1.37. The van der Waals surface area contributed by atoms with Gasteiger partial charge in [0, 0.05) is 32.7 Å². The number of hydrogen-bond donors (Lipinski definition) is 0. The molecule has 0 fully saturated rings. The van der Waals surface area contributed by atoms with Crippen LogP contribution in [0.2, 0.25) is 0 Å². The van der Waals surface area contributed by atoms with E-state index in [4.69, 9.17) is 9.47 Å². The highest BCUT2D eigenvalue weighted by molar-refractivity contribution is 5.99. The number of carbonyl (C=O) groups is 1. The van der Waals surface area contributed by atoms with Gasteiger partial charge < -0.3 is 14.4 Å². The van der Waals surface area contributed by atoms with Gasteiger partial charge in [-0.25, -0.2) is 0 Å². The molecule has 4 nitrogen and oxygen atoms in total. The van der Waals surface area contributed by atoms with Gasteiger partial charge in [-0.2, -0.15) is 0 Å². The first-order valence-electron chi connectivity index (χ1n) is 8.26. The van der Waals surface area contributed by atoms with Crippen molar-refractivity contribution in [3.63, 3.8) is 0 Å². The molecular weight excluding hydrogens is 302 g/mol. The van der Waals surface area contributed by atoms with E-state index in [-0.39, 0.29) is 18.2 Å². The van der Waals surface area contributed by atoms with Gasteiger partial charge in [0.25, 0.3) is 5.91 Å². The maximum Gasteiger partial charge on any atom is 0.255 e. The molecule has 0 saturated carbocycles. The molecule has 0 spiro atoms. The molecule has 24 heavy (non-hydrogen) atoms. The van der Waals surface area contributed by atoms with Crippen LogP contribution in [0.25, 0.3) is 0 Å². The van der Waals surface area contributed by atoms with Crippen LogP contribution in [0.15, 0.2) is 54.6 Å². The first-order valence-corrected chi connectivity index (χ1v) is 8.26. The molecule has 0 aliphatic carbocycles. The Balaban J connectivity index is 1.83. The van der Waals surface area contributed by atoms with E-state index >= 15 is 0 Å². The molecule has 2 aromatic rings. The smallest absolute Gasteiger partial charge is 0.255 e. The Bertz CT molecular complexity index is 682. The van der Waals surface area contributed by atoms with Crippen molar-refractivity contribution < 1.29 is 14.3 Å². The van der Waals surface area contributed by atoms with Crippen LogP contribution in [0.3, 0.4) is 0 Å². The third-order valence-corrected chi connectivity index (χ3v) is 4.54. The zero-order chi connectivity index (χ0) is 16.9. The third kappa shape index (κ3) is 3.21. The molecule has 1 heterocycles. The highest BCUT2D eigenvalue weighted by Gasteiger charge is 2.36. The fraction of sp³-hybridized carbons (Fsp3) is 0.350. The second-order valence-corrected chi connectivity index (χ2v) is 5.94. The fourth-order valence-corrected chi connectivity index (χ4v) is 3.36. The number of rotatable bonds is 7. The molecule has 3 rings (SSSR count). The summed E-state index contributed by atoms with van der Waals surface area (Å²) in [6.45, 7) is 0.677. The predicted molar refractivity (Wildman–Crippen MR) is 92.8 cm³/mol. The summed E-state index contributed by atoms with van der Waals surface area (Å²) < 4.78 is 10.5. The molecule has 4 heteroatoms. The van der Waals surface area contributed by atoms with E-state index in [0.717, 1.165) is 29.5 Å². The number of carbonyl (C=O) groups excluding carboxylic acids is 1. The predicted octanol–water partition coefficient (Wildman–Crippen LogP) is 3.63. The number of amides is 1. The first-order chi connectivity index (χ1) is 11.8. The van der Waals surface area contributed by atoms with E-state index in [9.17, 15) is 4.79 Å². The second-order valence-electron chi connectivity index (χ2n) is 5.94. The topological polar surface area (TPSA) is 38.8 Å². The van der Waals surface area contributed by atoms with Crippen LogP contribution in [0.1, 0.15) is 40.4 Å². The maximum absolute atomic E-state index is 12.9. The summed E-state index contributed by atoms with van der Waals surface area (Å²) in [7, 11) is 3.27. The number of ether oxygens (including phenoxy) is 2. The molecule has 0 aromatic heterocycles. The molecular formula is C20H23NO3. The lowest BCUT2D eigenvalue weighted by Crippen LogP contribution is -2.30. The van der Waals surface area contributed by atoms with Crippen molar-refractivity contribution in [3.05, 3.63) is 71.3 Å². The minimum atomic E-state index is -0.222. The quantitative estimate of drug-likeness (QED) is 0.730. The number of fused-ring (bicyclic) bond motifs is 1. The first kappa shape index (κ1) is 16.7. The van der Waals surface area contributed by atoms with Crippen molar-refractivity contribution in [2.75, 3.05) is 20.8 Å². The summed E-state index contributed by atoms with van der Waals surface area (Å²) in [5.41, 5.74) is 3.04. The van der Waals surface area contributed by atoms with Gasteiger partial charge in [-0.15, -0.1) is 0 Å². The van der Waals surface area contributed by atoms with Gasteiger partial charge >= 0.3 is 0 Å². The number of benzene rings is 2. The van der Waals surface area contributed by atoms with E-state index in [2.05, 4.69) is 18.2 Å². The molecule has 1 amide bonds. The highest BCUT2D eigenvalue weighted by atomic mass is 16.7. The maximum atomic E-state index is 12.9. The Morgan fingerprint density at radius 2 is 1.67 bits per heavy atom. The molecule has 0 N–H and O–H groups in total. The van der Waals surface area contributed by atoms with E-state index in [0.29, 0.717) is 6.54 Å². The van der Waals surface area contributed by atoms with Crippen LogP contribution >= 0.6 is 0 Å². The minimum absolute atomic E-state index is 0.0153. The van der Waals surface area contributed by atoms with Gasteiger partial charge in [0.1, 0.15) is 0 Å². The summed E-state index contributed by atoms with van der Waals surface area (Å²) in [4.78, 5) is 14.8. The zero-order valence-electron chi connectivity index (χ0n) is 14.1. The lowest BCUT2D eigenvalue weighted by Gasteiger charge is -2.26. The van der Waals surface area contributed by atoms with Crippen LogP contribution in [0.5, 0.6) is 0 Å². The van der Waals surface area contributed by atoms with Crippen molar-refractivity contribution in [1.82, 2.24) is 4.90 Å². The Labute approximate surface area is 143 Å². The lowest BCUT2D eigenvalue weighted by molar-refractivity contribution is -0.107. The Kier molecular flexibility index (Phi) is 5.28. The van der Waals surface area contributed by atoms with Crippen LogP contribution in [0, 0.1) is 0 Å². The van der Waals surface area contributed by atoms with Gasteiger partial charge in [0.15, 0.2) is 6.29 Å². The molecule has 1 unspecified atom stereocenters. The van der Waals surface area contributed by atoms with Gasteiger partial charge in [-0.05, 0) is 23.6 Å². The van der Waals surface area contributed by atoms with Crippen LogP contribution in [0.4, 0.5) is 0 Å². The Morgan fingerprint density at radius 1 is 1.00 bits per heavy atom. The summed E-state index contributed by atoms with van der Waals surface area (Å²) in [5.74, 6) is 0.103. The van der Waals surface area contributed by atoms with Crippen LogP contribution in [-0.4, -0.2) is 37.9 Å². The molecule has 0 radical (unpaired) electrons. The highest BCUT2D eigenvalue weighted by Crippen LogP contribution is 2.38. The van der Waals surface area contributed by atoms with Crippen LogP contribution < -0.4 is 0 Å². The Hall–Kier alpha value is -2.17. The van der Waals surface area contributed by atoms with E-state index in [1.165, 1.54) is 0 Å². The van der Waals surface area contributed by atoms with Crippen molar-refractivity contribution in [2.45, 2.75) is 25.2 Å². The molecule has 2 aromatic carbocycles. The minimum Gasteiger partial charge on any atom is -0.356 e. The SMILES string of the molecule is COC(CCCN1C(=O)c2ccccc2C1c1ccccc1)OC. The standard InChI is InChI=1S/C20H23NO3/c1-23-18(24-2)13-8-14-21-19(15-9-4-3-5-10-15)16-11-6-7-12-17(16)20(21)22/h3-7,9-12,18-19H,8,13-14H2,1-2H3. The average molecular weight is 325 g/mol. The van der Waals surface area contributed by atoms with E-state index in [1.807, 2.05) is 41.3 Å². The van der Waals surface area contributed by atoms with Crippen molar-refractivity contribution >= 4 is 5.91 Å². The number of hydrogen-bond acceptors (Lipinski definition) is 3. The largest absolute Gasteiger partial charge is 0.356 e. The van der Waals surface area contributed by atoms with Crippen molar-refractivity contribution in [2.24, 2.45) is 0 Å². The second kappa shape index (κ2) is 7.60. The number of methoxy groups -OCH3 is 2. The van der Waals surface area contributed by atoms with Gasteiger partial charge in [-0.1, -0.05) is 48.5 Å². The molecule has 0 saturated heterocycles. The van der Waals surface area contributed by atoms with Crippen molar-refractivity contribution in [1.29, 1.82) is 0 Å². The summed E-state index contributed by atoms with van der Waals surface area (Å²) in [6, 6.07) is 18.1. The molecule has 1 aliphatic heterocycles. The monoisotopic (exact) mass is 325 g/mol.